The van der Waals surface area contributed by atoms with Crippen molar-refractivity contribution in [2.24, 2.45) is 0 Å². The number of likely N-dealkylation sites (N-methyl/N-ethyl adjacent to an activating group) is 1. The summed E-state index contributed by atoms with van der Waals surface area (Å²) in [6.45, 7) is 12.2. The van der Waals surface area contributed by atoms with Crippen LogP contribution in [-0.4, -0.2) is 30.6 Å². The topological polar surface area (TPSA) is 28.4 Å². The first-order valence-electron chi connectivity index (χ1n) is 7.15. The van der Waals surface area contributed by atoms with Crippen LogP contribution in [-0.2, 0) is 0 Å². The van der Waals surface area contributed by atoms with Gasteiger partial charge >= 0.3 is 0 Å². The molecule has 2 heterocycles. The number of furan rings is 1. The highest BCUT2D eigenvalue weighted by molar-refractivity contribution is 5.23. The molecule has 1 saturated heterocycles. The molecule has 1 N–H and O–H groups in total. The number of hydrogen-bond acceptors (Lipinski definition) is 3. The van der Waals surface area contributed by atoms with E-state index < -0.39 is 0 Å². The van der Waals surface area contributed by atoms with E-state index >= 15 is 0 Å². The van der Waals surface area contributed by atoms with Crippen LogP contribution >= 0.6 is 0 Å². The molecule has 3 heteroatoms. The monoisotopic (exact) mass is 250 g/mol. The van der Waals surface area contributed by atoms with Gasteiger partial charge in [-0.2, -0.15) is 0 Å². The lowest BCUT2D eigenvalue weighted by Gasteiger charge is -2.34. The number of rotatable bonds is 4. The molecule has 0 spiro atoms. The fraction of sp³-hybridized carbons (Fsp3) is 0.733. The smallest absolute Gasteiger partial charge is 0.105 e. The zero-order chi connectivity index (χ0) is 13.1. The Morgan fingerprint density at radius 1 is 1.50 bits per heavy atom. The summed E-state index contributed by atoms with van der Waals surface area (Å²) in [4.78, 5) is 2.53. The Labute approximate surface area is 111 Å². The lowest BCUT2D eigenvalue weighted by Crippen LogP contribution is -2.46. The van der Waals surface area contributed by atoms with Crippen LogP contribution in [0.15, 0.2) is 10.5 Å². The third-order valence-electron chi connectivity index (χ3n) is 3.98. The van der Waals surface area contributed by atoms with Crippen molar-refractivity contribution in [3.8, 4) is 0 Å². The second-order valence-corrected chi connectivity index (χ2v) is 5.49. The van der Waals surface area contributed by atoms with Crippen LogP contribution < -0.4 is 5.32 Å². The molecule has 1 aromatic heterocycles. The van der Waals surface area contributed by atoms with E-state index in [2.05, 4.69) is 37.1 Å². The minimum absolute atomic E-state index is 0.379. The van der Waals surface area contributed by atoms with Crippen molar-refractivity contribution in [2.75, 3.05) is 19.6 Å². The molecule has 0 aromatic carbocycles. The highest BCUT2D eigenvalue weighted by Gasteiger charge is 2.21. The lowest BCUT2D eigenvalue weighted by molar-refractivity contribution is 0.192. The van der Waals surface area contributed by atoms with Gasteiger partial charge in [-0.15, -0.1) is 0 Å². The van der Waals surface area contributed by atoms with E-state index in [0.29, 0.717) is 12.1 Å². The highest BCUT2D eigenvalue weighted by Crippen LogP contribution is 2.23. The van der Waals surface area contributed by atoms with Crippen LogP contribution in [0.25, 0.3) is 0 Å². The van der Waals surface area contributed by atoms with Gasteiger partial charge in [-0.1, -0.05) is 6.92 Å². The van der Waals surface area contributed by atoms with Crippen molar-refractivity contribution >= 4 is 0 Å². The van der Waals surface area contributed by atoms with Crippen LogP contribution in [0.4, 0.5) is 0 Å². The molecular weight excluding hydrogens is 224 g/mol. The maximum atomic E-state index is 5.62. The number of piperidine rings is 1. The average molecular weight is 250 g/mol. The van der Waals surface area contributed by atoms with E-state index in [0.717, 1.165) is 18.1 Å². The van der Waals surface area contributed by atoms with Crippen molar-refractivity contribution in [1.82, 2.24) is 10.2 Å². The number of nitrogens with zero attached hydrogens (tertiary/aromatic N) is 1. The van der Waals surface area contributed by atoms with Crippen LogP contribution in [0.3, 0.4) is 0 Å². The van der Waals surface area contributed by atoms with E-state index in [-0.39, 0.29) is 0 Å². The third kappa shape index (κ3) is 3.15. The second-order valence-electron chi connectivity index (χ2n) is 5.49. The third-order valence-corrected chi connectivity index (χ3v) is 3.98. The van der Waals surface area contributed by atoms with E-state index in [1.807, 2.05) is 6.92 Å². The number of likely N-dealkylation sites (tertiary alicyclic amines) is 1. The minimum atomic E-state index is 0.379. The summed E-state index contributed by atoms with van der Waals surface area (Å²) >= 11 is 0. The maximum absolute atomic E-state index is 5.62. The molecular formula is C15H26N2O. The number of nitrogens with one attached hydrogen (secondary N) is 1. The Bertz CT molecular complexity index is 386. The molecule has 0 amide bonds. The Balaban J connectivity index is 1.94. The first-order valence-corrected chi connectivity index (χ1v) is 7.15. The average Bonchev–Trinajstić information content (AvgIpc) is 2.69. The van der Waals surface area contributed by atoms with Gasteiger partial charge in [0.15, 0.2) is 0 Å². The van der Waals surface area contributed by atoms with Gasteiger partial charge in [0.05, 0.1) is 0 Å². The molecule has 102 valence electrons. The quantitative estimate of drug-likeness (QED) is 0.890. The van der Waals surface area contributed by atoms with Gasteiger partial charge in [-0.05, 0) is 52.8 Å². The van der Waals surface area contributed by atoms with Crippen molar-refractivity contribution in [3.05, 3.63) is 23.2 Å². The first kappa shape index (κ1) is 13.6. The molecule has 0 aliphatic carbocycles. The molecule has 0 radical (unpaired) electrons. The van der Waals surface area contributed by atoms with E-state index in [1.54, 1.807) is 0 Å². The summed E-state index contributed by atoms with van der Waals surface area (Å²) in [6.07, 6.45) is 2.60. The Kier molecular flexibility index (Phi) is 4.46. The van der Waals surface area contributed by atoms with Gasteiger partial charge in [0.2, 0.25) is 0 Å². The van der Waals surface area contributed by atoms with Gasteiger partial charge in [-0.25, -0.2) is 0 Å². The van der Waals surface area contributed by atoms with Crippen LogP contribution in [0.2, 0.25) is 0 Å². The lowest BCUT2D eigenvalue weighted by atomic mass is 10.0. The summed E-state index contributed by atoms with van der Waals surface area (Å²) in [5.74, 6) is 2.06. The van der Waals surface area contributed by atoms with E-state index in [9.17, 15) is 0 Å². The molecule has 1 fully saturated rings. The second kappa shape index (κ2) is 5.89. The molecule has 0 saturated carbocycles. The predicted octanol–water partition coefficient (Wildman–Crippen LogP) is 3.03. The molecule has 1 aliphatic rings. The predicted molar refractivity (Wildman–Crippen MR) is 74.9 cm³/mol. The molecule has 0 bridgehead atoms. The van der Waals surface area contributed by atoms with Crippen LogP contribution in [0.1, 0.15) is 49.8 Å². The van der Waals surface area contributed by atoms with Gasteiger partial charge in [-0.3, -0.25) is 0 Å². The number of hydrogen-bond donors (Lipinski definition) is 1. The molecule has 1 aromatic rings. The van der Waals surface area contributed by atoms with Crippen LogP contribution in [0.5, 0.6) is 0 Å². The zero-order valence-electron chi connectivity index (χ0n) is 12.1. The summed E-state index contributed by atoms with van der Waals surface area (Å²) < 4.78 is 5.62. The van der Waals surface area contributed by atoms with Gasteiger partial charge in [0.25, 0.3) is 0 Å². The van der Waals surface area contributed by atoms with Crippen molar-refractivity contribution in [3.63, 3.8) is 0 Å². The fourth-order valence-electron chi connectivity index (χ4n) is 3.00. The summed E-state index contributed by atoms with van der Waals surface area (Å²) in [5, 5.41) is 3.75. The molecule has 2 rings (SSSR count). The van der Waals surface area contributed by atoms with Crippen molar-refractivity contribution in [1.29, 1.82) is 0 Å². The van der Waals surface area contributed by atoms with Crippen LogP contribution in [0, 0.1) is 13.8 Å². The molecule has 2 unspecified atom stereocenters. The Morgan fingerprint density at radius 3 is 2.89 bits per heavy atom. The summed E-state index contributed by atoms with van der Waals surface area (Å²) in [7, 11) is 0. The SMILES string of the molecule is CCN1CCCC(NC(C)c2cc(C)oc2C)C1. The normalized spacial score (nSPS) is 23.2. The Morgan fingerprint density at radius 2 is 2.28 bits per heavy atom. The Hall–Kier alpha value is -0.800. The summed E-state index contributed by atoms with van der Waals surface area (Å²) in [6, 6.07) is 3.15. The maximum Gasteiger partial charge on any atom is 0.105 e. The number of aryl methyl sites for hydroxylation is 2. The highest BCUT2D eigenvalue weighted by atomic mass is 16.3. The van der Waals surface area contributed by atoms with Gasteiger partial charge in [0.1, 0.15) is 11.5 Å². The van der Waals surface area contributed by atoms with E-state index in [1.165, 1.54) is 31.5 Å². The first-order chi connectivity index (χ1) is 8.60. The minimum Gasteiger partial charge on any atom is -0.466 e. The summed E-state index contributed by atoms with van der Waals surface area (Å²) in [5.41, 5.74) is 1.31. The van der Waals surface area contributed by atoms with E-state index in [4.69, 9.17) is 4.42 Å². The molecule has 18 heavy (non-hydrogen) atoms. The molecule has 1 aliphatic heterocycles. The largest absolute Gasteiger partial charge is 0.466 e. The van der Waals surface area contributed by atoms with Crippen molar-refractivity contribution in [2.45, 2.75) is 52.6 Å². The van der Waals surface area contributed by atoms with Crippen molar-refractivity contribution < 1.29 is 4.42 Å². The van der Waals surface area contributed by atoms with Gasteiger partial charge in [0, 0.05) is 24.2 Å². The standard InChI is InChI=1S/C15H26N2O/c1-5-17-8-6-7-14(10-17)16-12(3)15-9-11(2)18-13(15)4/h9,12,14,16H,5-8,10H2,1-4H3. The zero-order valence-corrected chi connectivity index (χ0v) is 12.1. The molecule has 3 nitrogen and oxygen atoms in total. The van der Waals surface area contributed by atoms with Gasteiger partial charge < -0.3 is 14.6 Å². The molecule has 2 atom stereocenters. The fourth-order valence-corrected chi connectivity index (χ4v) is 3.00.